The molecule has 2 heterocycles. The van der Waals surface area contributed by atoms with E-state index in [1.165, 1.54) is 28.0 Å². The summed E-state index contributed by atoms with van der Waals surface area (Å²) in [5.74, 6) is -0.221. The smallest absolute Gasteiger partial charge is 0.275 e. The number of rotatable bonds is 5. The SMILES string of the molecule is Cc1nn2c(=O)cc(COc3ccc(/C=C(\C#N)C(N)=O)cc3)nc2s1. The number of aryl methyl sites for hydroxylation is 1. The molecule has 0 atom stereocenters. The molecule has 1 aromatic carbocycles. The molecule has 0 aliphatic heterocycles. The Hall–Kier alpha value is -3.51. The highest BCUT2D eigenvalue weighted by atomic mass is 32.1. The maximum atomic E-state index is 12.0. The number of amides is 1. The van der Waals surface area contributed by atoms with Crippen LogP contribution in [0.15, 0.2) is 40.7 Å². The van der Waals surface area contributed by atoms with Crippen LogP contribution < -0.4 is 16.0 Å². The van der Waals surface area contributed by atoms with E-state index in [2.05, 4.69) is 10.1 Å². The van der Waals surface area contributed by atoms with Crippen LogP contribution in [0.5, 0.6) is 5.75 Å². The summed E-state index contributed by atoms with van der Waals surface area (Å²) in [4.78, 5) is 27.9. The molecule has 0 radical (unpaired) electrons. The molecule has 26 heavy (non-hydrogen) atoms. The minimum Gasteiger partial charge on any atom is -0.487 e. The maximum Gasteiger partial charge on any atom is 0.275 e. The number of carbonyl (C=O) groups is 1. The summed E-state index contributed by atoms with van der Waals surface area (Å²) in [7, 11) is 0. The fraction of sp³-hybridized carbons (Fsp3) is 0.118. The molecule has 130 valence electrons. The summed E-state index contributed by atoms with van der Waals surface area (Å²) >= 11 is 1.33. The monoisotopic (exact) mass is 367 g/mol. The van der Waals surface area contributed by atoms with E-state index in [1.807, 2.05) is 0 Å². The van der Waals surface area contributed by atoms with E-state index in [1.54, 1.807) is 37.3 Å². The molecular weight excluding hydrogens is 354 g/mol. The van der Waals surface area contributed by atoms with E-state index in [0.29, 0.717) is 22.0 Å². The van der Waals surface area contributed by atoms with Crippen molar-refractivity contribution in [2.24, 2.45) is 5.73 Å². The minimum atomic E-state index is -0.779. The quantitative estimate of drug-likeness (QED) is 0.537. The Labute approximate surface area is 151 Å². The molecule has 0 aliphatic carbocycles. The first-order valence-corrected chi connectivity index (χ1v) is 8.29. The molecule has 3 rings (SSSR count). The molecule has 0 saturated heterocycles. The van der Waals surface area contributed by atoms with Gasteiger partial charge in [0.25, 0.3) is 11.5 Å². The molecular formula is C17H13N5O3S. The van der Waals surface area contributed by atoms with Crippen LogP contribution in [0.25, 0.3) is 11.0 Å². The summed E-state index contributed by atoms with van der Waals surface area (Å²) in [6, 6.07) is 9.87. The van der Waals surface area contributed by atoms with Crippen molar-refractivity contribution in [3.8, 4) is 11.8 Å². The Bertz CT molecular complexity index is 1110. The van der Waals surface area contributed by atoms with Crippen molar-refractivity contribution in [3.05, 3.63) is 62.5 Å². The lowest BCUT2D eigenvalue weighted by atomic mass is 10.1. The first-order valence-electron chi connectivity index (χ1n) is 7.47. The molecule has 1 amide bonds. The number of carbonyl (C=O) groups excluding carboxylic acids is 1. The van der Waals surface area contributed by atoms with Gasteiger partial charge in [-0.05, 0) is 30.7 Å². The highest BCUT2D eigenvalue weighted by Gasteiger charge is 2.08. The third-order valence-electron chi connectivity index (χ3n) is 3.36. The van der Waals surface area contributed by atoms with E-state index < -0.39 is 5.91 Å². The fourth-order valence-electron chi connectivity index (χ4n) is 2.17. The average Bonchev–Trinajstić information content (AvgIpc) is 2.99. The Morgan fingerprint density at radius 3 is 2.81 bits per heavy atom. The van der Waals surface area contributed by atoms with Gasteiger partial charge in [0.05, 0.1) is 5.69 Å². The lowest BCUT2D eigenvalue weighted by Crippen LogP contribution is -2.16. The number of primary amides is 1. The lowest BCUT2D eigenvalue weighted by molar-refractivity contribution is -0.114. The fourth-order valence-corrected chi connectivity index (χ4v) is 2.94. The van der Waals surface area contributed by atoms with Gasteiger partial charge < -0.3 is 10.5 Å². The molecule has 0 spiro atoms. The Balaban J connectivity index is 1.73. The van der Waals surface area contributed by atoms with Crippen LogP contribution in [0.2, 0.25) is 0 Å². The topological polar surface area (TPSA) is 123 Å². The first-order chi connectivity index (χ1) is 12.5. The number of hydrogen-bond acceptors (Lipinski definition) is 7. The lowest BCUT2D eigenvalue weighted by Gasteiger charge is -2.06. The molecule has 2 aromatic heterocycles. The zero-order chi connectivity index (χ0) is 18.7. The van der Waals surface area contributed by atoms with Gasteiger partial charge in [0, 0.05) is 6.07 Å². The number of nitriles is 1. The summed E-state index contributed by atoms with van der Waals surface area (Å²) < 4.78 is 6.89. The predicted octanol–water partition coefficient (Wildman–Crippen LogP) is 1.43. The van der Waals surface area contributed by atoms with E-state index >= 15 is 0 Å². The number of nitrogens with two attached hydrogens (primary N) is 1. The summed E-state index contributed by atoms with van der Waals surface area (Å²) in [5.41, 5.74) is 5.86. The van der Waals surface area contributed by atoms with Crippen molar-refractivity contribution in [3.63, 3.8) is 0 Å². The molecule has 0 fully saturated rings. The summed E-state index contributed by atoms with van der Waals surface area (Å²) in [6.07, 6.45) is 1.40. The highest BCUT2D eigenvalue weighted by molar-refractivity contribution is 7.16. The van der Waals surface area contributed by atoms with Crippen molar-refractivity contribution in [1.29, 1.82) is 5.26 Å². The predicted molar refractivity (Wildman–Crippen MR) is 95.4 cm³/mol. The van der Waals surface area contributed by atoms with Crippen molar-refractivity contribution in [2.45, 2.75) is 13.5 Å². The summed E-state index contributed by atoms with van der Waals surface area (Å²) in [5, 5.41) is 13.7. The Morgan fingerprint density at radius 1 is 1.42 bits per heavy atom. The van der Waals surface area contributed by atoms with Crippen LogP contribution in [0.4, 0.5) is 0 Å². The van der Waals surface area contributed by atoms with Crippen LogP contribution in [0.1, 0.15) is 16.3 Å². The number of nitrogens with zero attached hydrogens (tertiary/aromatic N) is 4. The number of benzene rings is 1. The highest BCUT2D eigenvalue weighted by Crippen LogP contribution is 2.16. The molecule has 9 heteroatoms. The zero-order valence-electron chi connectivity index (χ0n) is 13.7. The van der Waals surface area contributed by atoms with Crippen molar-refractivity contribution >= 4 is 28.3 Å². The van der Waals surface area contributed by atoms with Crippen molar-refractivity contribution in [2.75, 3.05) is 0 Å². The Kier molecular flexibility index (Phi) is 4.77. The van der Waals surface area contributed by atoms with E-state index in [4.69, 9.17) is 15.7 Å². The second-order valence-corrected chi connectivity index (χ2v) is 6.45. The Morgan fingerprint density at radius 2 is 2.15 bits per heavy atom. The van der Waals surface area contributed by atoms with Gasteiger partial charge in [-0.2, -0.15) is 14.9 Å². The maximum absolute atomic E-state index is 12.0. The van der Waals surface area contributed by atoms with E-state index in [0.717, 1.165) is 5.01 Å². The van der Waals surface area contributed by atoms with Crippen molar-refractivity contribution < 1.29 is 9.53 Å². The van der Waals surface area contributed by atoms with Gasteiger partial charge in [0.1, 0.15) is 29.0 Å². The van der Waals surface area contributed by atoms with E-state index in [9.17, 15) is 9.59 Å². The van der Waals surface area contributed by atoms with Crippen LogP contribution in [0.3, 0.4) is 0 Å². The summed E-state index contributed by atoms with van der Waals surface area (Å²) in [6.45, 7) is 1.93. The van der Waals surface area contributed by atoms with Gasteiger partial charge in [-0.15, -0.1) is 0 Å². The van der Waals surface area contributed by atoms with Gasteiger partial charge >= 0.3 is 0 Å². The number of hydrogen-bond donors (Lipinski definition) is 1. The second-order valence-electron chi connectivity index (χ2n) is 5.29. The standard InChI is InChI=1S/C17H13N5O3S/c1-10-21-22-15(23)7-13(20-17(22)26-10)9-25-14-4-2-11(3-5-14)6-12(8-18)16(19)24/h2-7H,9H2,1H3,(H2,19,24)/b12-6+. The van der Waals surface area contributed by atoms with Crippen LogP contribution in [-0.4, -0.2) is 20.5 Å². The van der Waals surface area contributed by atoms with Gasteiger partial charge in [-0.3, -0.25) is 9.59 Å². The van der Waals surface area contributed by atoms with Crippen LogP contribution >= 0.6 is 11.3 Å². The molecule has 3 aromatic rings. The first kappa shape index (κ1) is 17.3. The number of fused-ring (bicyclic) bond motifs is 1. The molecule has 0 saturated carbocycles. The largest absolute Gasteiger partial charge is 0.487 e. The molecule has 2 N–H and O–H groups in total. The molecule has 0 aliphatic rings. The number of aromatic nitrogens is 3. The van der Waals surface area contributed by atoms with Crippen molar-refractivity contribution in [1.82, 2.24) is 14.6 Å². The molecule has 0 bridgehead atoms. The number of ether oxygens (including phenoxy) is 1. The van der Waals surface area contributed by atoms with Gasteiger partial charge in [-0.25, -0.2) is 4.98 Å². The average molecular weight is 367 g/mol. The normalized spacial score (nSPS) is 11.3. The van der Waals surface area contributed by atoms with Crippen LogP contribution in [0, 0.1) is 18.3 Å². The van der Waals surface area contributed by atoms with Gasteiger partial charge in [-0.1, -0.05) is 23.5 Å². The zero-order valence-corrected chi connectivity index (χ0v) is 14.5. The second kappa shape index (κ2) is 7.16. The third-order valence-corrected chi connectivity index (χ3v) is 4.19. The minimum absolute atomic E-state index is 0.128. The van der Waals surface area contributed by atoms with Crippen LogP contribution in [-0.2, 0) is 11.4 Å². The van der Waals surface area contributed by atoms with Gasteiger partial charge in [0.15, 0.2) is 0 Å². The third kappa shape index (κ3) is 3.76. The van der Waals surface area contributed by atoms with Gasteiger partial charge in [0.2, 0.25) is 4.96 Å². The molecule has 0 unspecified atom stereocenters. The van der Waals surface area contributed by atoms with E-state index in [-0.39, 0.29) is 17.7 Å². The molecule has 8 nitrogen and oxygen atoms in total.